The number of esters is 1. The summed E-state index contributed by atoms with van der Waals surface area (Å²) in [4.78, 5) is 72.4. The summed E-state index contributed by atoms with van der Waals surface area (Å²) in [5, 5.41) is 3.62. The van der Waals surface area contributed by atoms with Crippen molar-refractivity contribution in [3.8, 4) is 23.7 Å². The van der Waals surface area contributed by atoms with E-state index in [0.29, 0.717) is 42.6 Å². The van der Waals surface area contributed by atoms with Crippen LogP contribution in [0.15, 0.2) is 53.3 Å². The number of pyridine rings is 1. The molecule has 3 aromatic rings. The summed E-state index contributed by atoms with van der Waals surface area (Å²) < 4.78 is 9.63. The number of methoxy groups -OCH3 is 2. The second-order valence-corrected chi connectivity index (χ2v) is 16.4. The number of hydrogen-bond acceptors (Lipinski definition) is 9. The summed E-state index contributed by atoms with van der Waals surface area (Å²) >= 11 is 0. The number of aromatic nitrogens is 3. The summed E-state index contributed by atoms with van der Waals surface area (Å²) in [5.41, 5.74) is 4.66. The molecule has 0 spiro atoms. The Labute approximate surface area is 340 Å². The lowest BCUT2D eigenvalue weighted by atomic mass is 9.90. The Bertz CT molecular complexity index is 2250. The molecule has 13 heteroatoms. The number of benzene rings is 1. The summed E-state index contributed by atoms with van der Waals surface area (Å²) in [6, 6.07) is 8.60. The number of ether oxygens (including phenoxy) is 2. The first kappa shape index (κ1) is 41.7. The zero-order valence-corrected chi connectivity index (χ0v) is 34.6. The van der Waals surface area contributed by atoms with Gasteiger partial charge in [0.25, 0.3) is 0 Å². The van der Waals surface area contributed by atoms with Crippen LogP contribution >= 0.6 is 0 Å². The minimum absolute atomic E-state index is 0.00290. The number of nitrogens with zero attached hydrogens (tertiary/aromatic N) is 5. The van der Waals surface area contributed by atoms with Gasteiger partial charge in [-0.3, -0.25) is 19.4 Å². The van der Waals surface area contributed by atoms with E-state index in [-0.39, 0.29) is 54.0 Å². The quantitative estimate of drug-likeness (QED) is 0.204. The highest BCUT2D eigenvalue weighted by Crippen LogP contribution is 2.35. The topological polar surface area (TPSA) is 159 Å². The number of fused-ring (bicyclic) bond motifs is 1. The summed E-state index contributed by atoms with van der Waals surface area (Å²) in [6.07, 6.45) is 5.04. The summed E-state index contributed by atoms with van der Waals surface area (Å²) in [6.45, 7) is 13.1. The number of nitrogens with one attached hydrogen (secondary N) is 2. The molecule has 3 aliphatic heterocycles. The number of rotatable bonds is 9. The van der Waals surface area contributed by atoms with E-state index in [2.05, 4.69) is 52.8 Å². The molecule has 2 saturated heterocycles. The monoisotopic (exact) mass is 787 g/mol. The number of aliphatic imine (C=N–C) groups is 1. The Morgan fingerprint density at radius 2 is 1.60 bits per heavy atom. The SMILES string of the molecule is COC(=O)C[C@H](C(=O)N1C[C@@H](C)C[C@H]1C1=NC=C(C#Cc2ccc3nc(C#Cc4cnc([C@@H]5C[C@H](C)CN5C(=O)[C@@H](NC(=O)OC)C(C)C)[nH]4)ccc3c2)C1)C(C)C. The van der Waals surface area contributed by atoms with Gasteiger partial charge in [-0.05, 0) is 78.7 Å². The lowest BCUT2D eigenvalue weighted by Gasteiger charge is -2.30. The molecule has 2 aromatic heterocycles. The fraction of sp³-hybridized carbons (Fsp3) is 0.489. The highest BCUT2D eigenvalue weighted by molar-refractivity contribution is 5.98. The van der Waals surface area contributed by atoms with Crippen molar-refractivity contribution in [3.63, 3.8) is 0 Å². The van der Waals surface area contributed by atoms with Crippen LogP contribution in [0.3, 0.4) is 0 Å². The van der Waals surface area contributed by atoms with E-state index in [0.717, 1.165) is 40.6 Å². The fourth-order valence-corrected chi connectivity index (χ4v) is 7.97. The molecule has 1 aromatic carbocycles. The first-order chi connectivity index (χ1) is 27.7. The molecule has 0 bridgehead atoms. The van der Waals surface area contributed by atoms with Gasteiger partial charge in [0.15, 0.2) is 0 Å². The molecular weight excluding hydrogens is 735 g/mol. The Balaban J connectivity index is 1.09. The number of H-pyrrole nitrogens is 1. The average molecular weight is 788 g/mol. The van der Waals surface area contributed by atoms with Crippen molar-refractivity contribution in [2.24, 2.45) is 34.6 Å². The van der Waals surface area contributed by atoms with Crippen LogP contribution in [0.2, 0.25) is 0 Å². The first-order valence-electron chi connectivity index (χ1n) is 20.0. The van der Waals surface area contributed by atoms with Crippen molar-refractivity contribution >= 4 is 40.5 Å². The van der Waals surface area contributed by atoms with Gasteiger partial charge >= 0.3 is 12.1 Å². The number of carbonyl (C=O) groups is 4. The maximum atomic E-state index is 13.7. The van der Waals surface area contributed by atoms with Gasteiger partial charge < -0.3 is 29.6 Å². The largest absolute Gasteiger partial charge is 0.469 e. The highest BCUT2D eigenvalue weighted by atomic mass is 16.5. The van der Waals surface area contributed by atoms with Crippen LogP contribution in [0.5, 0.6) is 0 Å². The van der Waals surface area contributed by atoms with E-state index < -0.39 is 18.1 Å². The number of aromatic amines is 1. The minimum Gasteiger partial charge on any atom is -0.469 e. The number of imidazole rings is 1. The molecule has 13 nitrogen and oxygen atoms in total. The van der Waals surface area contributed by atoms with Gasteiger partial charge in [0.05, 0.1) is 50.4 Å². The molecule has 0 radical (unpaired) electrons. The molecule has 6 atom stereocenters. The van der Waals surface area contributed by atoms with Crippen LogP contribution in [0.1, 0.15) is 96.0 Å². The van der Waals surface area contributed by atoms with Crippen LogP contribution in [0.4, 0.5) is 4.79 Å². The molecule has 3 aliphatic rings. The number of likely N-dealkylation sites (tertiary alicyclic amines) is 2. The van der Waals surface area contributed by atoms with Crippen LogP contribution in [-0.4, -0.2) is 93.7 Å². The van der Waals surface area contributed by atoms with Crippen molar-refractivity contribution in [2.45, 2.75) is 85.4 Å². The Kier molecular flexibility index (Phi) is 13.0. The van der Waals surface area contributed by atoms with Gasteiger partial charge in [0.2, 0.25) is 11.8 Å². The third-order valence-electron chi connectivity index (χ3n) is 11.1. The van der Waals surface area contributed by atoms with Crippen molar-refractivity contribution in [1.82, 2.24) is 30.1 Å². The van der Waals surface area contributed by atoms with Gasteiger partial charge in [-0.1, -0.05) is 53.4 Å². The molecule has 2 N–H and O–H groups in total. The van der Waals surface area contributed by atoms with E-state index >= 15 is 0 Å². The van der Waals surface area contributed by atoms with Crippen LogP contribution in [-0.2, 0) is 23.9 Å². The predicted molar refractivity (Wildman–Crippen MR) is 220 cm³/mol. The maximum absolute atomic E-state index is 13.7. The van der Waals surface area contributed by atoms with E-state index in [1.54, 1.807) is 17.3 Å². The van der Waals surface area contributed by atoms with Crippen molar-refractivity contribution in [3.05, 3.63) is 71.1 Å². The molecule has 304 valence electrons. The summed E-state index contributed by atoms with van der Waals surface area (Å²) in [5.74, 6) is 12.9. The van der Waals surface area contributed by atoms with E-state index in [1.807, 2.05) is 62.9 Å². The fourth-order valence-electron chi connectivity index (χ4n) is 7.97. The van der Waals surface area contributed by atoms with Gasteiger partial charge in [0.1, 0.15) is 23.3 Å². The van der Waals surface area contributed by atoms with Crippen LogP contribution in [0, 0.1) is 53.3 Å². The van der Waals surface area contributed by atoms with E-state index in [1.165, 1.54) is 14.2 Å². The number of alkyl carbamates (subject to hydrolysis) is 1. The van der Waals surface area contributed by atoms with Crippen LogP contribution in [0.25, 0.3) is 10.9 Å². The number of hydrogen-bond donors (Lipinski definition) is 2. The molecule has 58 heavy (non-hydrogen) atoms. The Hall–Kier alpha value is -5.95. The number of carbonyl (C=O) groups excluding carboxylic acids is 4. The molecule has 3 amide bonds. The second kappa shape index (κ2) is 18.1. The highest BCUT2D eigenvalue weighted by Gasteiger charge is 2.42. The Morgan fingerprint density at radius 1 is 0.879 bits per heavy atom. The van der Waals surface area contributed by atoms with Crippen molar-refractivity contribution in [1.29, 1.82) is 0 Å². The van der Waals surface area contributed by atoms with Gasteiger partial charge in [-0.25, -0.2) is 14.8 Å². The number of amides is 3. The maximum Gasteiger partial charge on any atom is 0.407 e. The number of allylic oxidation sites excluding steroid dienone is 1. The summed E-state index contributed by atoms with van der Waals surface area (Å²) in [7, 11) is 2.63. The lowest BCUT2D eigenvalue weighted by Crippen LogP contribution is -2.51. The third-order valence-corrected chi connectivity index (χ3v) is 11.1. The lowest BCUT2D eigenvalue weighted by molar-refractivity contribution is -0.148. The van der Waals surface area contributed by atoms with E-state index in [4.69, 9.17) is 19.5 Å². The smallest absolute Gasteiger partial charge is 0.407 e. The van der Waals surface area contributed by atoms with Gasteiger partial charge in [0, 0.05) is 47.9 Å². The van der Waals surface area contributed by atoms with E-state index in [9.17, 15) is 19.2 Å². The predicted octanol–water partition coefficient (Wildman–Crippen LogP) is 5.80. The minimum atomic E-state index is -0.716. The normalized spacial score (nSPS) is 21.1. The molecule has 5 heterocycles. The zero-order valence-electron chi connectivity index (χ0n) is 34.6. The second-order valence-electron chi connectivity index (χ2n) is 16.4. The van der Waals surface area contributed by atoms with Crippen molar-refractivity contribution in [2.75, 3.05) is 27.3 Å². The molecule has 0 unspecified atom stereocenters. The molecule has 0 saturated carbocycles. The molecular formula is C45H53N7O6. The average Bonchev–Trinajstić information content (AvgIpc) is 4.03. The zero-order chi connectivity index (χ0) is 41.7. The van der Waals surface area contributed by atoms with Crippen LogP contribution < -0.4 is 5.32 Å². The standard InChI is InChI=1S/C45H53N7O6/c1-26(2)35(21-40(53)57-7)43(54)51-24-28(5)17-38(51)37-20-31(22-46-37)10-9-30-11-16-36-32(19-30)12-13-33(48-36)14-15-34-23-47-42(49-34)39-18-29(6)25-52(39)44(55)41(27(3)4)50-45(56)58-8/h11-13,16,19,22-23,26-29,35,38-39,41H,17-18,20-21,24-25H2,1-8H3,(H,47,49)(H,50,56)/t28-,29-,35-,38-,39-,41-/m0/s1. The first-order valence-corrected chi connectivity index (χ1v) is 20.0. The van der Waals surface area contributed by atoms with Gasteiger partial charge in [-0.2, -0.15) is 0 Å². The molecule has 6 rings (SSSR count). The molecule has 0 aliphatic carbocycles. The molecule has 2 fully saturated rings. The van der Waals surface area contributed by atoms with Crippen molar-refractivity contribution < 1.29 is 28.7 Å². The Morgan fingerprint density at radius 3 is 2.29 bits per heavy atom. The third kappa shape index (κ3) is 9.59. The van der Waals surface area contributed by atoms with Gasteiger partial charge in [-0.15, -0.1) is 0 Å².